The van der Waals surface area contributed by atoms with E-state index in [0.29, 0.717) is 24.2 Å². The molecule has 3 heterocycles. The third kappa shape index (κ3) is 5.90. The molecule has 1 aliphatic heterocycles. The predicted octanol–water partition coefficient (Wildman–Crippen LogP) is 2.60. The lowest BCUT2D eigenvalue weighted by Crippen LogP contribution is -2.29. The first-order valence-corrected chi connectivity index (χ1v) is 9.36. The molecule has 0 radical (unpaired) electrons. The van der Waals surface area contributed by atoms with E-state index in [1.807, 2.05) is 4.68 Å². The summed E-state index contributed by atoms with van der Waals surface area (Å²) in [6, 6.07) is 0.338. The number of aromatic nitrogens is 4. The Hall–Kier alpha value is -1.22. The second-order valence-electron chi connectivity index (χ2n) is 6.40. The zero-order valence-electron chi connectivity index (χ0n) is 15.0. The summed E-state index contributed by atoms with van der Waals surface area (Å²) in [5.74, 6) is 0.276. The molecule has 2 aromatic rings. The van der Waals surface area contributed by atoms with E-state index < -0.39 is 0 Å². The number of carbonyl (C=O) groups excluding carboxylic acids is 1. The molecule has 3 rings (SSSR count). The third-order valence-corrected chi connectivity index (χ3v) is 5.35. The number of amides is 1. The molecule has 1 saturated heterocycles. The SMILES string of the molecule is CC(C)c1nc(CCNC(=O)c2cn(C3CCNCC3)nn2)cs1.Cl.Cl. The van der Waals surface area contributed by atoms with Crippen molar-refractivity contribution in [3.05, 3.63) is 28.0 Å². The molecule has 0 bridgehead atoms. The fraction of sp³-hybridized carbons (Fsp3) is 0.625. The number of hydrogen-bond acceptors (Lipinski definition) is 6. The first-order valence-electron chi connectivity index (χ1n) is 8.48. The summed E-state index contributed by atoms with van der Waals surface area (Å²) in [7, 11) is 0. The lowest BCUT2D eigenvalue weighted by molar-refractivity contribution is 0.0949. The monoisotopic (exact) mass is 420 g/mol. The number of hydrogen-bond donors (Lipinski definition) is 2. The molecule has 7 nitrogen and oxygen atoms in total. The molecule has 1 amide bonds. The lowest BCUT2D eigenvalue weighted by Gasteiger charge is -2.22. The van der Waals surface area contributed by atoms with E-state index in [1.165, 1.54) is 0 Å². The molecule has 10 heteroatoms. The van der Waals surface area contributed by atoms with Crippen LogP contribution in [0.5, 0.6) is 0 Å². The molecular weight excluding hydrogens is 395 g/mol. The normalized spacial score (nSPS) is 14.6. The van der Waals surface area contributed by atoms with E-state index in [1.54, 1.807) is 17.5 Å². The van der Waals surface area contributed by atoms with Crippen molar-refractivity contribution in [2.24, 2.45) is 0 Å². The Balaban J connectivity index is 0.00000169. The second-order valence-corrected chi connectivity index (χ2v) is 7.29. The van der Waals surface area contributed by atoms with Gasteiger partial charge in [-0.2, -0.15) is 0 Å². The smallest absolute Gasteiger partial charge is 0.273 e. The van der Waals surface area contributed by atoms with Crippen LogP contribution in [-0.2, 0) is 6.42 Å². The molecule has 0 spiro atoms. The van der Waals surface area contributed by atoms with Crippen molar-refractivity contribution in [3.8, 4) is 0 Å². The van der Waals surface area contributed by atoms with Gasteiger partial charge in [0, 0.05) is 24.3 Å². The number of rotatable bonds is 6. The Labute approximate surface area is 170 Å². The van der Waals surface area contributed by atoms with Gasteiger partial charge in [-0.3, -0.25) is 4.79 Å². The molecule has 0 atom stereocenters. The molecule has 146 valence electrons. The van der Waals surface area contributed by atoms with Crippen LogP contribution in [0.25, 0.3) is 0 Å². The van der Waals surface area contributed by atoms with E-state index in [9.17, 15) is 4.79 Å². The summed E-state index contributed by atoms with van der Waals surface area (Å²) in [5, 5.41) is 17.6. The Morgan fingerprint density at radius 2 is 2.12 bits per heavy atom. The number of thiazole rings is 1. The highest BCUT2D eigenvalue weighted by Crippen LogP contribution is 2.19. The van der Waals surface area contributed by atoms with Crippen molar-refractivity contribution < 1.29 is 4.79 Å². The Morgan fingerprint density at radius 1 is 1.38 bits per heavy atom. The zero-order chi connectivity index (χ0) is 16.9. The fourth-order valence-corrected chi connectivity index (χ4v) is 3.60. The Kier molecular flexibility index (Phi) is 9.49. The molecule has 26 heavy (non-hydrogen) atoms. The fourth-order valence-electron chi connectivity index (χ4n) is 2.73. The molecule has 1 aliphatic rings. The van der Waals surface area contributed by atoms with Gasteiger partial charge in [-0.1, -0.05) is 19.1 Å². The van der Waals surface area contributed by atoms with E-state index in [2.05, 4.69) is 45.2 Å². The van der Waals surface area contributed by atoms with E-state index in [0.717, 1.165) is 43.1 Å². The quantitative estimate of drug-likeness (QED) is 0.749. The van der Waals surface area contributed by atoms with Gasteiger partial charge in [0.1, 0.15) is 0 Å². The van der Waals surface area contributed by atoms with Crippen molar-refractivity contribution >= 4 is 42.1 Å². The molecular formula is C16H26Cl2N6OS. The van der Waals surface area contributed by atoms with Crippen LogP contribution in [0.1, 0.15) is 59.8 Å². The van der Waals surface area contributed by atoms with Crippen LogP contribution in [0.15, 0.2) is 11.6 Å². The maximum atomic E-state index is 12.2. The highest BCUT2D eigenvalue weighted by atomic mass is 35.5. The lowest BCUT2D eigenvalue weighted by atomic mass is 10.1. The Bertz CT molecular complexity index is 684. The van der Waals surface area contributed by atoms with Gasteiger partial charge in [-0.15, -0.1) is 41.2 Å². The van der Waals surface area contributed by atoms with Crippen molar-refractivity contribution in [1.82, 2.24) is 30.6 Å². The van der Waals surface area contributed by atoms with Crippen molar-refractivity contribution in [2.75, 3.05) is 19.6 Å². The van der Waals surface area contributed by atoms with Crippen LogP contribution >= 0.6 is 36.2 Å². The van der Waals surface area contributed by atoms with Gasteiger partial charge >= 0.3 is 0 Å². The minimum Gasteiger partial charge on any atom is -0.350 e. The number of piperidine rings is 1. The van der Waals surface area contributed by atoms with E-state index in [4.69, 9.17) is 0 Å². The first kappa shape index (κ1) is 22.8. The average Bonchev–Trinajstić information content (AvgIpc) is 3.25. The molecule has 1 fully saturated rings. The summed E-state index contributed by atoms with van der Waals surface area (Å²) in [4.78, 5) is 16.8. The number of carbonyl (C=O) groups is 1. The van der Waals surface area contributed by atoms with Gasteiger partial charge in [-0.05, 0) is 25.9 Å². The van der Waals surface area contributed by atoms with Crippen molar-refractivity contribution in [1.29, 1.82) is 0 Å². The molecule has 0 saturated carbocycles. The van der Waals surface area contributed by atoms with Crippen LogP contribution < -0.4 is 10.6 Å². The Morgan fingerprint density at radius 3 is 2.77 bits per heavy atom. The molecule has 2 aromatic heterocycles. The topological polar surface area (TPSA) is 84.7 Å². The number of nitrogens with zero attached hydrogens (tertiary/aromatic N) is 4. The molecule has 2 N–H and O–H groups in total. The summed E-state index contributed by atoms with van der Waals surface area (Å²) < 4.78 is 1.82. The number of halogens is 2. The standard InChI is InChI=1S/C16H24N6OS.2ClH/c1-11(2)16-19-12(10-24-16)3-8-18-15(23)14-9-22(21-20-14)13-4-6-17-7-5-13;;/h9-11,13,17H,3-8H2,1-2H3,(H,18,23);2*1H. The molecule has 0 unspecified atom stereocenters. The van der Waals surface area contributed by atoms with Gasteiger partial charge in [-0.25, -0.2) is 9.67 Å². The van der Waals surface area contributed by atoms with E-state index >= 15 is 0 Å². The summed E-state index contributed by atoms with van der Waals surface area (Å²) in [5.41, 5.74) is 1.41. The van der Waals surface area contributed by atoms with Crippen LogP contribution in [0.4, 0.5) is 0 Å². The van der Waals surface area contributed by atoms with Crippen LogP contribution in [0.3, 0.4) is 0 Å². The summed E-state index contributed by atoms with van der Waals surface area (Å²) in [6.07, 6.45) is 4.53. The van der Waals surface area contributed by atoms with Crippen molar-refractivity contribution in [3.63, 3.8) is 0 Å². The molecule has 0 aliphatic carbocycles. The summed E-state index contributed by atoms with van der Waals surface area (Å²) >= 11 is 1.68. The van der Waals surface area contributed by atoms with Crippen molar-refractivity contribution in [2.45, 2.75) is 45.1 Å². The van der Waals surface area contributed by atoms with Gasteiger partial charge in [0.15, 0.2) is 5.69 Å². The van der Waals surface area contributed by atoms with Crippen LogP contribution in [0, 0.1) is 0 Å². The minimum atomic E-state index is -0.172. The maximum Gasteiger partial charge on any atom is 0.273 e. The summed E-state index contributed by atoms with van der Waals surface area (Å²) in [6.45, 7) is 6.79. The highest BCUT2D eigenvalue weighted by Gasteiger charge is 2.18. The van der Waals surface area contributed by atoms with Gasteiger partial charge in [0.2, 0.25) is 0 Å². The first-order chi connectivity index (χ1) is 11.6. The predicted molar refractivity (Wildman–Crippen MR) is 108 cm³/mol. The maximum absolute atomic E-state index is 12.2. The molecule has 0 aromatic carbocycles. The number of nitrogens with one attached hydrogen (secondary N) is 2. The largest absolute Gasteiger partial charge is 0.350 e. The van der Waals surface area contributed by atoms with Gasteiger partial charge in [0.25, 0.3) is 5.91 Å². The van der Waals surface area contributed by atoms with E-state index in [-0.39, 0.29) is 30.7 Å². The van der Waals surface area contributed by atoms with Crippen LogP contribution in [0.2, 0.25) is 0 Å². The van der Waals surface area contributed by atoms with Gasteiger partial charge < -0.3 is 10.6 Å². The zero-order valence-corrected chi connectivity index (χ0v) is 17.4. The second kappa shape index (κ2) is 10.8. The third-order valence-electron chi connectivity index (χ3n) is 4.16. The van der Waals surface area contributed by atoms with Gasteiger partial charge in [0.05, 0.1) is 22.9 Å². The minimum absolute atomic E-state index is 0. The average molecular weight is 421 g/mol. The van der Waals surface area contributed by atoms with Crippen LogP contribution in [-0.4, -0.2) is 45.5 Å². The highest BCUT2D eigenvalue weighted by molar-refractivity contribution is 7.09.